The quantitative estimate of drug-likeness (QED) is 0.688. The lowest BCUT2D eigenvalue weighted by Gasteiger charge is -2.60. The third kappa shape index (κ3) is 1.46. The summed E-state index contributed by atoms with van der Waals surface area (Å²) >= 11 is 0. The van der Waals surface area contributed by atoms with E-state index in [1.807, 2.05) is 0 Å². The molecule has 0 amide bonds. The molecule has 4 nitrogen and oxygen atoms in total. The zero-order valence-electron chi connectivity index (χ0n) is 11.3. The van der Waals surface area contributed by atoms with E-state index in [1.165, 1.54) is 0 Å². The van der Waals surface area contributed by atoms with Crippen LogP contribution in [0.3, 0.4) is 0 Å². The second-order valence-electron chi connectivity index (χ2n) is 6.59. The minimum Gasteiger partial charge on any atom is -0.390 e. The molecule has 4 atom stereocenters. The SMILES string of the molecule is C[C@@]1(O)[C@H](O)CC[C@]2(C)[C@@H]1CCCC21OCCO1. The maximum Gasteiger partial charge on any atom is 0.174 e. The molecule has 104 valence electrons. The smallest absolute Gasteiger partial charge is 0.174 e. The molecule has 3 rings (SSSR count). The molecular formula is C14H24O4. The van der Waals surface area contributed by atoms with Gasteiger partial charge >= 0.3 is 0 Å². The van der Waals surface area contributed by atoms with E-state index in [1.54, 1.807) is 6.92 Å². The van der Waals surface area contributed by atoms with Crippen molar-refractivity contribution in [3.63, 3.8) is 0 Å². The fraction of sp³-hybridized carbons (Fsp3) is 1.00. The van der Waals surface area contributed by atoms with E-state index in [0.29, 0.717) is 19.6 Å². The lowest BCUT2D eigenvalue weighted by Crippen LogP contribution is -2.65. The molecule has 2 saturated carbocycles. The van der Waals surface area contributed by atoms with Crippen molar-refractivity contribution in [2.24, 2.45) is 11.3 Å². The normalized spacial score (nSPS) is 51.3. The van der Waals surface area contributed by atoms with Crippen molar-refractivity contribution in [3.05, 3.63) is 0 Å². The van der Waals surface area contributed by atoms with Crippen LogP contribution in [0.2, 0.25) is 0 Å². The minimum absolute atomic E-state index is 0.0422. The summed E-state index contributed by atoms with van der Waals surface area (Å²) in [6, 6.07) is 0. The molecule has 3 fully saturated rings. The fourth-order valence-electron chi connectivity index (χ4n) is 4.60. The predicted octanol–water partition coefficient (Wildman–Crippen LogP) is 1.44. The number of rotatable bonds is 0. The first-order chi connectivity index (χ1) is 8.42. The Morgan fingerprint density at radius 2 is 1.72 bits per heavy atom. The molecule has 18 heavy (non-hydrogen) atoms. The predicted molar refractivity (Wildman–Crippen MR) is 65.9 cm³/mol. The molecule has 1 aliphatic heterocycles. The molecule has 2 N–H and O–H groups in total. The van der Waals surface area contributed by atoms with Crippen LogP contribution in [0.1, 0.15) is 46.0 Å². The summed E-state index contributed by atoms with van der Waals surface area (Å²) < 4.78 is 11.9. The number of hydrogen-bond donors (Lipinski definition) is 2. The van der Waals surface area contributed by atoms with Crippen LogP contribution in [-0.2, 0) is 9.47 Å². The molecule has 1 heterocycles. The largest absolute Gasteiger partial charge is 0.390 e. The highest BCUT2D eigenvalue weighted by Gasteiger charge is 2.65. The standard InChI is InChI=1S/C14H24O4/c1-12-7-5-11(15)13(2,16)10(12)4-3-6-14(12)17-8-9-18-14/h10-11,15-16H,3-9H2,1-2H3/t10-,11+,12+,13-/m0/s1. The number of aliphatic hydroxyl groups excluding tert-OH is 1. The Kier molecular flexibility index (Phi) is 2.80. The van der Waals surface area contributed by atoms with Crippen molar-refractivity contribution in [1.82, 2.24) is 0 Å². The monoisotopic (exact) mass is 256 g/mol. The van der Waals surface area contributed by atoms with Crippen molar-refractivity contribution >= 4 is 0 Å². The molecule has 0 unspecified atom stereocenters. The van der Waals surface area contributed by atoms with Gasteiger partial charge in [0.15, 0.2) is 5.79 Å². The van der Waals surface area contributed by atoms with Crippen LogP contribution in [0.4, 0.5) is 0 Å². The van der Waals surface area contributed by atoms with Gasteiger partial charge in [-0.05, 0) is 32.6 Å². The Morgan fingerprint density at radius 3 is 2.39 bits per heavy atom. The summed E-state index contributed by atoms with van der Waals surface area (Å²) in [7, 11) is 0. The van der Waals surface area contributed by atoms with Crippen molar-refractivity contribution in [1.29, 1.82) is 0 Å². The maximum absolute atomic E-state index is 10.7. The van der Waals surface area contributed by atoms with Crippen LogP contribution in [0.15, 0.2) is 0 Å². The van der Waals surface area contributed by atoms with Crippen LogP contribution < -0.4 is 0 Å². The third-order valence-corrected chi connectivity index (χ3v) is 5.71. The summed E-state index contributed by atoms with van der Waals surface area (Å²) in [4.78, 5) is 0. The van der Waals surface area contributed by atoms with E-state index in [2.05, 4.69) is 6.92 Å². The van der Waals surface area contributed by atoms with E-state index in [0.717, 1.165) is 25.7 Å². The average molecular weight is 256 g/mol. The number of ether oxygens (including phenoxy) is 2. The summed E-state index contributed by atoms with van der Waals surface area (Å²) in [6.07, 6.45) is 3.68. The van der Waals surface area contributed by atoms with Gasteiger partial charge in [0.2, 0.25) is 0 Å². The van der Waals surface area contributed by atoms with Crippen LogP contribution >= 0.6 is 0 Å². The molecule has 0 aromatic rings. The van der Waals surface area contributed by atoms with Crippen molar-refractivity contribution in [2.75, 3.05) is 13.2 Å². The number of hydrogen-bond acceptors (Lipinski definition) is 4. The zero-order chi connectivity index (χ0) is 13.0. The molecule has 3 aliphatic rings. The zero-order valence-corrected chi connectivity index (χ0v) is 11.3. The summed E-state index contributed by atoms with van der Waals surface area (Å²) in [5, 5.41) is 20.8. The summed E-state index contributed by atoms with van der Waals surface area (Å²) in [6.45, 7) is 5.23. The van der Waals surface area contributed by atoms with Gasteiger partial charge in [0, 0.05) is 17.8 Å². The van der Waals surface area contributed by atoms with Crippen LogP contribution in [-0.4, -0.2) is 40.9 Å². The van der Waals surface area contributed by atoms with Gasteiger partial charge in [-0.1, -0.05) is 6.92 Å². The lowest BCUT2D eigenvalue weighted by molar-refractivity contribution is -0.311. The first kappa shape index (κ1) is 12.9. The van der Waals surface area contributed by atoms with Gasteiger partial charge in [-0.15, -0.1) is 0 Å². The first-order valence-electron chi connectivity index (χ1n) is 7.11. The van der Waals surface area contributed by atoms with Gasteiger partial charge in [-0.25, -0.2) is 0 Å². The second-order valence-corrected chi connectivity index (χ2v) is 6.59. The Balaban J connectivity index is 1.99. The maximum atomic E-state index is 10.7. The lowest BCUT2D eigenvalue weighted by atomic mass is 9.52. The highest BCUT2D eigenvalue weighted by molar-refractivity contribution is 5.10. The van der Waals surface area contributed by atoms with Crippen LogP contribution in [0.5, 0.6) is 0 Å². The number of fused-ring (bicyclic) bond motifs is 2. The molecule has 4 heteroatoms. The molecule has 1 spiro atoms. The Bertz CT molecular complexity index is 335. The average Bonchev–Trinajstić information content (AvgIpc) is 2.78. The molecule has 1 saturated heterocycles. The molecule has 0 aromatic heterocycles. The van der Waals surface area contributed by atoms with E-state index >= 15 is 0 Å². The van der Waals surface area contributed by atoms with Gasteiger partial charge in [0.25, 0.3) is 0 Å². The van der Waals surface area contributed by atoms with E-state index in [-0.39, 0.29) is 11.3 Å². The molecular weight excluding hydrogens is 232 g/mol. The fourth-order valence-corrected chi connectivity index (χ4v) is 4.60. The second kappa shape index (κ2) is 3.92. The van der Waals surface area contributed by atoms with E-state index in [9.17, 15) is 10.2 Å². The topological polar surface area (TPSA) is 58.9 Å². The van der Waals surface area contributed by atoms with Crippen LogP contribution in [0.25, 0.3) is 0 Å². The molecule has 0 radical (unpaired) electrons. The Hall–Kier alpha value is -0.160. The Labute approximate surface area is 108 Å². The number of aliphatic hydroxyl groups is 2. The molecule has 2 aliphatic carbocycles. The van der Waals surface area contributed by atoms with Crippen molar-refractivity contribution in [3.8, 4) is 0 Å². The summed E-state index contributed by atoms with van der Waals surface area (Å²) in [5.74, 6) is -0.486. The highest BCUT2D eigenvalue weighted by atomic mass is 16.7. The van der Waals surface area contributed by atoms with Gasteiger partial charge < -0.3 is 19.7 Å². The van der Waals surface area contributed by atoms with E-state index in [4.69, 9.17) is 9.47 Å². The highest BCUT2D eigenvalue weighted by Crippen LogP contribution is 2.60. The van der Waals surface area contributed by atoms with Gasteiger partial charge in [0.05, 0.1) is 24.9 Å². The Morgan fingerprint density at radius 1 is 1.06 bits per heavy atom. The van der Waals surface area contributed by atoms with Gasteiger partial charge in [-0.2, -0.15) is 0 Å². The molecule has 0 bridgehead atoms. The van der Waals surface area contributed by atoms with E-state index < -0.39 is 17.5 Å². The van der Waals surface area contributed by atoms with Gasteiger partial charge in [0.1, 0.15) is 0 Å². The third-order valence-electron chi connectivity index (χ3n) is 5.71. The molecule has 0 aromatic carbocycles. The van der Waals surface area contributed by atoms with Crippen molar-refractivity contribution in [2.45, 2.75) is 63.4 Å². The van der Waals surface area contributed by atoms with Crippen LogP contribution in [0, 0.1) is 11.3 Å². The van der Waals surface area contributed by atoms with Gasteiger partial charge in [-0.3, -0.25) is 0 Å². The first-order valence-corrected chi connectivity index (χ1v) is 7.11. The van der Waals surface area contributed by atoms with Crippen molar-refractivity contribution < 1.29 is 19.7 Å². The minimum atomic E-state index is -1.03. The summed E-state index contributed by atoms with van der Waals surface area (Å²) in [5.41, 5.74) is -1.22.